The molecule has 3 aromatic rings. The monoisotopic (exact) mass is 372 g/mol. The van der Waals surface area contributed by atoms with Gasteiger partial charge in [0.05, 0.1) is 17.9 Å². The van der Waals surface area contributed by atoms with Crippen LogP contribution in [0.1, 0.15) is 23.9 Å². The van der Waals surface area contributed by atoms with Crippen LogP contribution in [0.3, 0.4) is 0 Å². The average Bonchev–Trinajstić information content (AvgIpc) is 2.97. The Balaban J connectivity index is 2.13. The molecule has 0 spiro atoms. The minimum Gasteiger partial charge on any atom is -0.380 e. The number of halogens is 5. The number of hydrogen-bond acceptors (Lipinski definition) is 4. The summed E-state index contributed by atoms with van der Waals surface area (Å²) in [5.74, 6) is -3.93. The highest BCUT2D eigenvalue weighted by Gasteiger charge is 2.34. The van der Waals surface area contributed by atoms with E-state index in [0.29, 0.717) is 12.5 Å². The Morgan fingerprint density at radius 1 is 1.04 bits per heavy atom. The van der Waals surface area contributed by atoms with Crippen LogP contribution in [0.25, 0.3) is 16.9 Å². The van der Waals surface area contributed by atoms with Crippen molar-refractivity contribution in [2.24, 2.45) is 0 Å². The molecule has 0 radical (unpaired) electrons. The molecule has 138 valence electrons. The summed E-state index contributed by atoms with van der Waals surface area (Å²) in [7, 11) is 1.28. The molecule has 26 heavy (non-hydrogen) atoms. The molecule has 0 atom stereocenters. The minimum absolute atomic E-state index is 0.0794. The second-order valence-corrected chi connectivity index (χ2v) is 5.70. The molecule has 0 saturated heterocycles. The molecule has 10 heteroatoms. The lowest BCUT2D eigenvalue weighted by atomic mass is 10.0. The largest absolute Gasteiger partial charge is 0.416 e. The lowest BCUT2D eigenvalue weighted by Crippen LogP contribution is -2.14. The van der Waals surface area contributed by atoms with Gasteiger partial charge in [-0.05, 0) is 29.8 Å². The molecule has 0 amide bonds. The SMILES string of the molecule is COCc1cc(-c2ccc3nnc(C(C)(F)F)n3n2)ccc1C(F)(F)F. The van der Waals surface area contributed by atoms with Crippen molar-refractivity contribution in [1.82, 2.24) is 19.8 Å². The zero-order chi connectivity index (χ0) is 19.1. The third-order valence-corrected chi connectivity index (χ3v) is 3.66. The first-order valence-corrected chi connectivity index (χ1v) is 7.41. The van der Waals surface area contributed by atoms with Crippen molar-refractivity contribution in [1.29, 1.82) is 0 Å². The molecule has 0 aliphatic carbocycles. The van der Waals surface area contributed by atoms with Gasteiger partial charge in [-0.15, -0.1) is 10.2 Å². The number of rotatable bonds is 4. The molecule has 0 aliphatic heterocycles. The van der Waals surface area contributed by atoms with Gasteiger partial charge in [-0.25, -0.2) is 0 Å². The Labute approximate surface area is 144 Å². The van der Waals surface area contributed by atoms with Crippen LogP contribution in [0, 0.1) is 0 Å². The molecule has 0 unspecified atom stereocenters. The van der Waals surface area contributed by atoms with Crippen LogP contribution < -0.4 is 0 Å². The van der Waals surface area contributed by atoms with Crippen LogP contribution in [-0.2, 0) is 23.4 Å². The van der Waals surface area contributed by atoms with Gasteiger partial charge in [-0.3, -0.25) is 0 Å². The van der Waals surface area contributed by atoms with Crippen molar-refractivity contribution < 1.29 is 26.7 Å². The summed E-state index contributed by atoms with van der Waals surface area (Å²) in [6.07, 6.45) is -4.53. The number of methoxy groups -OCH3 is 1. The van der Waals surface area contributed by atoms with Crippen LogP contribution in [0.4, 0.5) is 22.0 Å². The second-order valence-electron chi connectivity index (χ2n) is 5.70. The quantitative estimate of drug-likeness (QED) is 0.648. The second kappa shape index (κ2) is 6.27. The topological polar surface area (TPSA) is 52.3 Å². The molecule has 2 aromatic heterocycles. The number of benzene rings is 1. The lowest BCUT2D eigenvalue weighted by Gasteiger charge is -2.14. The van der Waals surface area contributed by atoms with Crippen molar-refractivity contribution in [3.63, 3.8) is 0 Å². The molecule has 0 N–H and O–H groups in total. The van der Waals surface area contributed by atoms with Crippen LogP contribution >= 0.6 is 0 Å². The fraction of sp³-hybridized carbons (Fsp3) is 0.312. The molecule has 0 aliphatic rings. The van der Waals surface area contributed by atoms with Gasteiger partial charge < -0.3 is 4.74 Å². The van der Waals surface area contributed by atoms with Gasteiger partial charge in [0.25, 0.3) is 0 Å². The normalized spacial score (nSPS) is 12.7. The number of ether oxygens (including phenoxy) is 1. The van der Waals surface area contributed by atoms with Gasteiger partial charge in [0, 0.05) is 19.6 Å². The summed E-state index contributed by atoms with van der Waals surface area (Å²) in [5, 5.41) is 11.1. The van der Waals surface area contributed by atoms with Gasteiger partial charge in [-0.2, -0.15) is 31.6 Å². The fourth-order valence-electron chi connectivity index (χ4n) is 2.52. The Hall–Kier alpha value is -2.62. The van der Waals surface area contributed by atoms with E-state index in [9.17, 15) is 22.0 Å². The zero-order valence-electron chi connectivity index (χ0n) is 13.7. The first-order valence-electron chi connectivity index (χ1n) is 7.41. The van der Waals surface area contributed by atoms with E-state index in [0.717, 1.165) is 10.6 Å². The molecular formula is C16H13F5N4O. The third-order valence-electron chi connectivity index (χ3n) is 3.66. The number of nitrogens with zero attached hydrogens (tertiary/aromatic N) is 4. The van der Waals surface area contributed by atoms with Crippen molar-refractivity contribution in [3.05, 3.63) is 47.3 Å². The first kappa shape index (κ1) is 18.2. The van der Waals surface area contributed by atoms with Crippen molar-refractivity contribution in [2.75, 3.05) is 7.11 Å². The Morgan fingerprint density at radius 2 is 1.77 bits per heavy atom. The highest BCUT2D eigenvalue weighted by atomic mass is 19.4. The summed E-state index contributed by atoms with van der Waals surface area (Å²) in [4.78, 5) is 0. The van der Waals surface area contributed by atoms with E-state index >= 15 is 0 Å². The van der Waals surface area contributed by atoms with Crippen LogP contribution in [0.2, 0.25) is 0 Å². The van der Waals surface area contributed by atoms with Crippen LogP contribution in [0.5, 0.6) is 0 Å². The summed E-state index contributed by atoms with van der Waals surface area (Å²) in [6.45, 7) is 0.405. The number of alkyl halides is 5. The molecule has 0 fully saturated rings. The third kappa shape index (κ3) is 3.36. The van der Waals surface area contributed by atoms with Crippen molar-refractivity contribution >= 4 is 5.65 Å². The average molecular weight is 372 g/mol. The fourth-order valence-corrected chi connectivity index (χ4v) is 2.52. The maximum atomic E-state index is 13.6. The van der Waals surface area contributed by atoms with E-state index in [1.165, 1.54) is 31.4 Å². The predicted octanol–water partition coefficient (Wildman–Crippen LogP) is 4.07. The summed E-state index contributed by atoms with van der Waals surface area (Å²) in [6, 6.07) is 6.30. The molecule has 2 heterocycles. The van der Waals surface area contributed by atoms with Gasteiger partial charge in [0.15, 0.2) is 5.65 Å². The van der Waals surface area contributed by atoms with E-state index in [-0.39, 0.29) is 23.5 Å². The van der Waals surface area contributed by atoms with E-state index in [1.54, 1.807) is 0 Å². The summed E-state index contributed by atoms with van der Waals surface area (Å²) < 4.78 is 72.1. The van der Waals surface area contributed by atoms with Gasteiger partial charge in [0.1, 0.15) is 0 Å². The molecular weight excluding hydrogens is 359 g/mol. The molecule has 0 bridgehead atoms. The maximum absolute atomic E-state index is 13.6. The standard InChI is InChI=1S/C16H13F5N4O/c1-15(17,18)14-23-22-13-6-5-12(24-25(13)14)9-3-4-11(16(19,20)21)10(7-9)8-26-2/h3-7H,8H2,1-2H3. The van der Waals surface area contributed by atoms with Gasteiger partial charge in [0.2, 0.25) is 5.82 Å². The first-order chi connectivity index (χ1) is 12.1. The van der Waals surface area contributed by atoms with E-state index in [4.69, 9.17) is 4.74 Å². The number of fused-ring (bicyclic) bond motifs is 1. The molecule has 0 saturated carbocycles. The Bertz CT molecular complexity index is 946. The lowest BCUT2D eigenvalue weighted by molar-refractivity contribution is -0.138. The van der Waals surface area contributed by atoms with Crippen molar-refractivity contribution in [3.8, 4) is 11.3 Å². The zero-order valence-corrected chi connectivity index (χ0v) is 13.7. The van der Waals surface area contributed by atoms with E-state index < -0.39 is 23.5 Å². The van der Waals surface area contributed by atoms with Crippen LogP contribution in [-0.4, -0.2) is 26.9 Å². The Kier molecular flexibility index (Phi) is 4.39. The number of aromatic nitrogens is 4. The maximum Gasteiger partial charge on any atom is 0.416 e. The van der Waals surface area contributed by atoms with Crippen LogP contribution in [0.15, 0.2) is 30.3 Å². The highest BCUT2D eigenvalue weighted by Crippen LogP contribution is 2.34. The molecule has 3 rings (SSSR count). The Morgan fingerprint density at radius 3 is 2.38 bits per heavy atom. The smallest absolute Gasteiger partial charge is 0.380 e. The predicted molar refractivity (Wildman–Crippen MR) is 81.5 cm³/mol. The molecule has 1 aromatic carbocycles. The van der Waals surface area contributed by atoms with Gasteiger partial charge in [-0.1, -0.05) is 6.07 Å². The van der Waals surface area contributed by atoms with E-state index in [2.05, 4.69) is 15.3 Å². The van der Waals surface area contributed by atoms with E-state index in [1.807, 2.05) is 0 Å². The minimum atomic E-state index is -4.53. The van der Waals surface area contributed by atoms with Gasteiger partial charge >= 0.3 is 12.1 Å². The summed E-state index contributed by atoms with van der Waals surface area (Å²) >= 11 is 0. The highest BCUT2D eigenvalue weighted by molar-refractivity contribution is 5.62. The summed E-state index contributed by atoms with van der Waals surface area (Å²) in [5.41, 5.74) is -0.271. The number of hydrogen-bond donors (Lipinski definition) is 0. The molecule has 5 nitrogen and oxygen atoms in total. The van der Waals surface area contributed by atoms with Crippen molar-refractivity contribution in [2.45, 2.75) is 25.6 Å².